The molecule has 23 heavy (non-hydrogen) atoms. The Kier molecular flexibility index (Phi) is 4.62. The maximum absolute atomic E-state index is 12.6. The molecule has 126 valence electrons. The number of rotatable bonds is 5. The summed E-state index contributed by atoms with van der Waals surface area (Å²) in [7, 11) is 1.69. The van der Waals surface area contributed by atoms with Crippen LogP contribution in [-0.2, 0) is 10.2 Å². The molecule has 0 saturated heterocycles. The molecule has 2 saturated carbocycles. The van der Waals surface area contributed by atoms with E-state index in [4.69, 9.17) is 10.5 Å². The summed E-state index contributed by atoms with van der Waals surface area (Å²) in [6.45, 7) is 0.679. The molecular weight excluding hydrogens is 288 g/mol. The number of amides is 1. The Hall–Kier alpha value is -1.55. The van der Waals surface area contributed by atoms with Crippen LogP contribution in [0.4, 0.5) is 0 Å². The molecule has 2 aliphatic rings. The minimum atomic E-state index is -0.645. The second-order valence-electron chi connectivity index (χ2n) is 7.27. The van der Waals surface area contributed by atoms with Gasteiger partial charge >= 0.3 is 0 Å². The molecule has 3 N–H and O–H groups in total. The molecule has 0 bridgehead atoms. The minimum absolute atomic E-state index is 0.0269. The molecular formula is C19H28N2O2. The predicted octanol–water partition coefficient (Wildman–Crippen LogP) is 2.89. The number of ether oxygens (including phenoxy) is 1. The van der Waals surface area contributed by atoms with E-state index in [0.717, 1.165) is 44.3 Å². The topological polar surface area (TPSA) is 64.3 Å². The number of carbonyl (C=O) groups is 1. The summed E-state index contributed by atoms with van der Waals surface area (Å²) in [6, 6.07) is 8.29. The van der Waals surface area contributed by atoms with Crippen LogP contribution < -0.4 is 15.8 Å². The number of hydrogen-bond acceptors (Lipinski definition) is 3. The Morgan fingerprint density at radius 3 is 2.48 bits per heavy atom. The zero-order valence-electron chi connectivity index (χ0n) is 14.1. The molecule has 0 unspecified atom stereocenters. The van der Waals surface area contributed by atoms with E-state index in [9.17, 15) is 4.79 Å². The molecule has 1 amide bonds. The van der Waals surface area contributed by atoms with Gasteiger partial charge in [0, 0.05) is 12.0 Å². The van der Waals surface area contributed by atoms with Crippen LogP contribution in [0.3, 0.4) is 0 Å². The Balaban J connectivity index is 1.75. The van der Waals surface area contributed by atoms with Crippen molar-refractivity contribution in [2.45, 2.75) is 62.3 Å². The highest BCUT2D eigenvalue weighted by Crippen LogP contribution is 2.41. The average Bonchev–Trinajstić information content (AvgIpc) is 3.23. The number of carbonyl (C=O) groups excluding carboxylic acids is 1. The zero-order valence-corrected chi connectivity index (χ0v) is 14.1. The van der Waals surface area contributed by atoms with Crippen LogP contribution in [-0.4, -0.2) is 25.1 Å². The van der Waals surface area contributed by atoms with Gasteiger partial charge in [0.1, 0.15) is 5.75 Å². The van der Waals surface area contributed by atoms with Crippen LogP contribution in [0.15, 0.2) is 24.3 Å². The van der Waals surface area contributed by atoms with Gasteiger partial charge in [-0.05, 0) is 43.4 Å². The number of hydrogen-bond donors (Lipinski definition) is 2. The summed E-state index contributed by atoms with van der Waals surface area (Å²) < 4.78 is 5.37. The van der Waals surface area contributed by atoms with Crippen LogP contribution in [0, 0.1) is 0 Å². The molecule has 0 aliphatic heterocycles. The molecule has 4 nitrogen and oxygen atoms in total. The predicted molar refractivity (Wildman–Crippen MR) is 91.5 cm³/mol. The van der Waals surface area contributed by atoms with Gasteiger partial charge in [-0.2, -0.15) is 0 Å². The highest BCUT2D eigenvalue weighted by Gasteiger charge is 2.40. The van der Waals surface area contributed by atoms with Gasteiger partial charge in [-0.25, -0.2) is 0 Å². The van der Waals surface area contributed by atoms with E-state index in [1.54, 1.807) is 7.11 Å². The Labute approximate surface area is 138 Å². The van der Waals surface area contributed by atoms with E-state index >= 15 is 0 Å². The second-order valence-corrected chi connectivity index (χ2v) is 7.27. The molecule has 2 aliphatic carbocycles. The van der Waals surface area contributed by atoms with Gasteiger partial charge in [-0.15, -0.1) is 0 Å². The van der Waals surface area contributed by atoms with Gasteiger partial charge in [0.25, 0.3) is 0 Å². The van der Waals surface area contributed by atoms with Crippen LogP contribution in [0.25, 0.3) is 0 Å². The number of nitrogens with one attached hydrogen (secondary N) is 1. The summed E-state index contributed by atoms with van der Waals surface area (Å²) in [4.78, 5) is 12.6. The number of nitrogens with two attached hydrogens (primary N) is 1. The van der Waals surface area contributed by atoms with Crippen LogP contribution in [0.1, 0.15) is 56.9 Å². The third-order valence-electron chi connectivity index (χ3n) is 5.78. The average molecular weight is 316 g/mol. The van der Waals surface area contributed by atoms with Crippen molar-refractivity contribution in [1.82, 2.24) is 5.32 Å². The van der Waals surface area contributed by atoms with Crippen molar-refractivity contribution in [3.05, 3.63) is 29.8 Å². The lowest BCUT2D eigenvalue weighted by molar-refractivity contribution is -0.126. The third kappa shape index (κ3) is 3.23. The fourth-order valence-corrected chi connectivity index (χ4v) is 4.23. The number of benzene rings is 1. The summed E-state index contributed by atoms with van der Waals surface area (Å²) in [5.41, 5.74) is 6.94. The molecule has 1 aromatic carbocycles. The van der Waals surface area contributed by atoms with Crippen molar-refractivity contribution in [2.75, 3.05) is 13.7 Å². The van der Waals surface area contributed by atoms with Crippen molar-refractivity contribution < 1.29 is 9.53 Å². The first kappa shape index (κ1) is 16.3. The maximum Gasteiger partial charge on any atom is 0.240 e. The fraction of sp³-hybridized carbons (Fsp3) is 0.632. The Morgan fingerprint density at radius 2 is 1.83 bits per heavy atom. The van der Waals surface area contributed by atoms with Crippen LogP contribution in [0.5, 0.6) is 5.75 Å². The smallest absolute Gasteiger partial charge is 0.240 e. The monoisotopic (exact) mass is 316 g/mol. The molecule has 0 heterocycles. The van der Waals surface area contributed by atoms with Gasteiger partial charge in [-0.3, -0.25) is 4.79 Å². The van der Waals surface area contributed by atoms with Gasteiger partial charge in [0.05, 0.1) is 12.6 Å². The first-order valence-corrected chi connectivity index (χ1v) is 8.80. The first-order chi connectivity index (χ1) is 11.1. The largest absolute Gasteiger partial charge is 0.497 e. The van der Waals surface area contributed by atoms with E-state index < -0.39 is 5.54 Å². The van der Waals surface area contributed by atoms with Crippen molar-refractivity contribution >= 4 is 5.91 Å². The molecule has 0 atom stereocenters. The van der Waals surface area contributed by atoms with Crippen molar-refractivity contribution in [2.24, 2.45) is 5.73 Å². The zero-order chi connectivity index (χ0) is 16.3. The first-order valence-electron chi connectivity index (χ1n) is 8.80. The number of methoxy groups -OCH3 is 1. The van der Waals surface area contributed by atoms with E-state index in [-0.39, 0.29) is 11.3 Å². The highest BCUT2D eigenvalue weighted by atomic mass is 16.5. The van der Waals surface area contributed by atoms with E-state index in [2.05, 4.69) is 17.4 Å². The van der Waals surface area contributed by atoms with E-state index in [1.165, 1.54) is 18.4 Å². The molecule has 3 rings (SSSR count). The summed E-state index contributed by atoms with van der Waals surface area (Å²) in [5, 5.41) is 3.18. The standard InChI is InChI=1S/C19H28N2O2/c1-23-16-8-6-7-15(13-16)18(9-2-3-10-18)14-21-17(22)19(20)11-4-5-12-19/h6-8,13H,2-5,9-12,14,20H2,1H3,(H,21,22). The summed E-state index contributed by atoms with van der Waals surface area (Å²) >= 11 is 0. The third-order valence-corrected chi connectivity index (χ3v) is 5.78. The minimum Gasteiger partial charge on any atom is -0.497 e. The molecule has 0 aromatic heterocycles. The maximum atomic E-state index is 12.6. The molecule has 4 heteroatoms. The molecule has 0 spiro atoms. The van der Waals surface area contributed by atoms with E-state index in [0.29, 0.717) is 6.54 Å². The van der Waals surface area contributed by atoms with Gasteiger partial charge in [0.15, 0.2) is 0 Å². The lowest BCUT2D eigenvalue weighted by Crippen LogP contribution is -2.54. The molecule has 1 aromatic rings. The quantitative estimate of drug-likeness (QED) is 0.878. The summed E-state index contributed by atoms with van der Waals surface area (Å²) in [6.07, 6.45) is 8.38. The fourth-order valence-electron chi connectivity index (χ4n) is 4.23. The van der Waals surface area contributed by atoms with Crippen molar-refractivity contribution in [3.63, 3.8) is 0 Å². The van der Waals surface area contributed by atoms with E-state index in [1.807, 2.05) is 12.1 Å². The lowest BCUT2D eigenvalue weighted by atomic mass is 9.78. The highest BCUT2D eigenvalue weighted by molar-refractivity contribution is 5.86. The van der Waals surface area contributed by atoms with Crippen LogP contribution >= 0.6 is 0 Å². The van der Waals surface area contributed by atoms with Gasteiger partial charge < -0.3 is 15.8 Å². The summed E-state index contributed by atoms with van der Waals surface area (Å²) in [5.74, 6) is 0.912. The normalized spacial score (nSPS) is 22.0. The SMILES string of the molecule is COc1cccc(C2(CNC(=O)C3(N)CCCC3)CCCC2)c1. The Bertz CT molecular complexity index is 558. The molecule has 0 radical (unpaired) electrons. The Morgan fingerprint density at radius 1 is 1.17 bits per heavy atom. The molecule has 2 fully saturated rings. The van der Waals surface area contributed by atoms with Crippen molar-refractivity contribution in [3.8, 4) is 5.75 Å². The van der Waals surface area contributed by atoms with Gasteiger partial charge in [-0.1, -0.05) is 37.8 Å². The lowest BCUT2D eigenvalue weighted by Gasteiger charge is -2.32. The van der Waals surface area contributed by atoms with Gasteiger partial charge in [0.2, 0.25) is 5.91 Å². The van der Waals surface area contributed by atoms with Crippen LogP contribution in [0.2, 0.25) is 0 Å². The van der Waals surface area contributed by atoms with Crippen molar-refractivity contribution in [1.29, 1.82) is 0 Å². The second kappa shape index (κ2) is 6.52.